The van der Waals surface area contributed by atoms with Crippen LogP contribution >= 0.6 is 0 Å². The summed E-state index contributed by atoms with van der Waals surface area (Å²) in [5, 5.41) is 3.37. The summed E-state index contributed by atoms with van der Waals surface area (Å²) in [7, 11) is 0. The number of likely N-dealkylation sites (tertiary alicyclic amines) is 1. The van der Waals surface area contributed by atoms with Crippen LogP contribution in [-0.2, 0) is 4.79 Å². The molecule has 2 unspecified atom stereocenters. The van der Waals surface area contributed by atoms with Gasteiger partial charge in [0.2, 0.25) is 5.91 Å². The van der Waals surface area contributed by atoms with E-state index in [4.69, 9.17) is 0 Å². The highest BCUT2D eigenvalue weighted by Crippen LogP contribution is 2.27. The van der Waals surface area contributed by atoms with Crippen molar-refractivity contribution in [3.8, 4) is 0 Å². The molecule has 2 fully saturated rings. The van der Waals surface area contributed by atoms with Gasteiger partial charge in [0.15, 0.2) is 0 Å². The Hall–Kier alpha value is -0.570. The first kappa shape index (κ1) is 11.9. The van der Waals surface area contributed by atoms with E-state index >= 15 is 0 Å². The molecule has 16 heavy (non-hydrogen) atoms. The Morgan fingerprint density at radius 1 is 1.31 bits per heavy atom. The number of amides is 1. The number of rotatable bonds is 2. The topological polar surface area (TPSA) is 32.3 Å². The highest BCUT2D eigenvalue weighted by atomic mass is 16.2. The Balaban J connectivity index is 2.01. The predicted molar refractivity (Wildman–Crippen MR) is 65.3 cm³/mol. The molecule has 2 rings (SSSR count). The van der Waals surface area contributed by atoms with Gasteiger partial charge in [-0.25, -0.2) is 0 Å². The first-order chi connectivity index (χ1) is 7.74. The van der Waals surface area contributed by atoms with E-state index < -0.39 is 0 Å². The quantitative estimate of drug-likeness (QED) is 0.777. The first-order valence-corrected chi connectivity index (χ1v) is 6.79. The van der Waals surface area contributed by atoms with Gasteiger partial charge in [0.05, 0.1) is 6.04 Å². The van der Waals surface area contributed by atoms with E-state index in [0.29, 0.717) is 18.0 Å². The Morgan fingerprint density at radius 2 is 2.12 bits per heavy atom. The summed E-state index contributed by atoms with van der Waals surface area (Å²) in [5.41, 5.74) is 0. The summed E-state index contributed by atoms with van der Waals surface area (Å²) in [6.07, 6.45) is 6.91. The summed E-state index contributed by atoms with van der Waals surface area (Å²) in [6.45, 7) is 5.39. The molecule has 3 atom stereocenters. The second-order valence-electron chi connectivity index (χ2n) is 5.24. The molecule has 2 heterocycles. The molecule has 3 heteroatoms. The lowest BCUT2D eigenvalue weighted by molar-refractivity contribution is -0.136. The van der Waals surface area contributed by atoms with E-state index in [0.717, 1.165) is 19.4 Å². The third-order valence-corrected chi connectivity index (χ3v) is 4.12. The second-order valence-corrected chi connectivity index (χ2v) is 5.24. The molecule has 2 saturated heterocycles. The molecule has 0 saturated carbocycles. The van der Waals surface area contributed by atoms with Crippen molar-refractivity contribution in [2.75, 3.05) is 6.54 Å². The zero-order chi connectivity index (χ0) is 11.5. The number of nitrogens with one attached hydrogen (secondary N) is 1. The van der Waals surface area contributed by atoms with Gasteiger partial charge in [-0.05, 0) is 45.6 Å². The van der Waals surface area contributed by atoms with Crippen molar-refractivity contribution in [2.45, 2.75) is 70.5 Å². The molecule has 0 aliphatic carbocycles. The second kappa shape index (κ2) is 5.17. The lowest BCUT2D eigenvalue weighted by Crippen LogP contribution is -2.51. The van der Waals surface area contributed by atoms with E-state index in [1.807, 2.05) is 0 Å². The van der Waals surface area contributed by atoms with E-state index in [2.05, 4.69) is 24.1 Å². The third kappa shape index (κ3) is 2.24. The lowest BCUT2D eigenvalue weighted by atomic mass is 10.0. The van der Waals surface area contributed by atoms with Crippen molar-refractivity contribution in [1.82, 2.24) is 10.2 Å². The number of carbonyl (C=O) groups excluding carboxylic acids is 1. The van der Waals surface area contributed by atoms with Crippen LogP contribution < -0.4 is 5.32 Å². The minimum Gasteiger partial charge on any atom is -0.336 e. The Labute approximate surface area is 98.6 Å². The average Bonchev–Trinajstić information content (AvgIpc) is 2.70. The fraction of sp³-hybridized carbons (Fsp3) is 0.923. The minimum atomic E-state index is 0.100. The number of piperidine rings is 1. The molecular weight excluding hydrogens is 200 g/mol. The van der Waals surface area contributed by atoms with E-state index in [-0.39, 0.29) is 6.04 Å². The van der Waals surface area contributed by atoms with Gasteiger partial charge in [0.1, 0.15) is 0 Å². The van der Waals surface area contributed by atoms with Gasteiger partial charge in [-0.2, -0.15) is 0 Å². The van der Waals surface area contributed by atoms with Crippen LogP contribution in [0.3, 0.4) is 0 Å². The van der Waals surface area contributed by atoms with Gasteiger partial charge < -0.3 is 10.2 Å². The maximum absolute atomic E-state index is 12.4. The van der Waals surface area contributed by atoms with Crippen LogP contribution in [-0.4, -0.2) is 35.5 Å². The summed E-state index contributed by atoms with van der Waals surface area (Å²) in [5.74, 6) is 0.358. The zero-order valence-corrected chi connectivity index (χ0v) is 10.5. The Kier molecular flexibility index (Phi) is 3.85. The molecule has 2 aliphatic heterocycles. The molecule has 92 valence electrons. The van der Waals surface area contributed by atoms with Crippen LogP contribution in [0.2, 0.25) is 0 Å². The molecule has 0 radical (unpaired) electrons. The van der Waals surface area contributed by atoms with Crippen molar-refractivity contribution in [1.29, 1.82) is 0 Å². The molecular formula is C13H24N2O. The van der Waals surface area contributed by atoms with Crippen LogP contribution in [0, 0.1) is 0 Å². The smallest absolute Gasteiger partial charge is 0.240 e. The Bertz CT molecular complexity index is 248. The molecule has 0 aromatic rings. The maximum atomic E-state index is 12.4. The number of nitrogens with zero attached hydrogens (tertiary/aromatic N) is 1. The third-order valence-electron chi connectivity index (χ3n) is 4.12. The summed E-state index contributed by atoms with van der Waals surface area (Å²) in [4.78, 5) is 14.6. The van der Waals surface area contributed by atoms with Crippen LogP contribution in [0.15, 0.2) is 0 Å². The van der Waals surface area contributed by atoms with Crippen molar-refractivity contribution < 1.29 is 4.79 Å². The van der Waals surface area contributed by atoms with Gasteiger partial charge in [0, 0.05) is 12.1 Å². The molecule has 0 aromatic carbocycles. The molecule has 0 bridgehead atoms. The van der Waals surface area contributed by atoms with Gasteiger partial charge >= 0.3 is 0 Å². The van der Waals surface area contributed by atoms with E-state index in [1.54, 1.807) is 0 Å². The zero-order valence-electron chi connectivity index (χ0n) is 10.5. The van der Waals surface area contributed by atoms with Gasteiger partial charge in [-0.1, -0.05) is 13.3 Å². The largest absolute Gasteiger partial charge is 0.336 e. The van der Waals surface area contributed by atoms with Crippen molar-refractivity contribution in [3.05, 3.63) is 0 Å². The van der Waals surface area contributed by atoms with Crippen molar-refractivity contribution in [3.63, 3.8) is 0 Å². The molecule has 0 spiro atoms. The van der Waals surface area contributed by atoms with Gasteiger partial charge in [-0.3, -0.25) is 4.79 Å². The monoisotopic (exact) mass is 224 g/mol. The number of hydrogen-bond acceptors (Lipinski definition) is 2. The van der Waals surface area contributed by atoms with Crippen LogP contribution in [0.5, 0.6) is 0 Å². The van der Waals surface area contributed by atoms with Gasteiger partial charge in [-0.15, -0.1) is 0 Å². The lowest BCUT2D eigenvalue weighted by Gasteiger charge is -2.33. The highest BCUT2D eigenvalue weighted by Gasteiger charge is 2.36. The number of carbonyl (C=O) groups is 1. The molecule has 2 aliphatic rings. The van der Waals surface area contributed by atoms with Crippen molar-refractivity contribution >= 4 is 5.91 Å². The normalized spacial score (nSPS) is 35.4. The van der Waals surface area contributed by atoms with Gasteiger partial charge in [0.25, 0.3) is 0 Å². The summed E-state index contributed by atoms with van der Waals surface area (Å²) >= 11 is 0. The first-order valence-electron chi connectivity index (χ1n) is 6.79. The molecule has 1 N–H and O–H groups in total. The molecule has 0 aromatic heterocycles. The summed E-state index contributed by atoms with van der Waals surface area (Å²) < 4.78 is 0. The molecule has 3 nitrogen and oxygen atoms in total. The van der Waals surface area contributed by atoms with Crippen LogP contribution in [0.4, 0.5) is 0 Å². The van der Waals surface area contributed by atoms with Crippen LogP contribution in [0.1, 0.15) is 52.4 Å². The highest BCUT2D eigenvalue weighted by molar-refractivity contribution is 5.82. The fourth-order valence-corrected chi connectivity index (χ4v) is 3.11. The molecule has 1 amide bonds. The average molecular weight is 224 g/mol. The maximum Gasteiger partial charge on any atom is 0.240 e. The number of hydrogen-bond donors (Lipinski definition) is 1. The minimum absolute atomic E-state index is 0.100. The fourth-order valence-electron chi connectivity index (χ4n) is 3.11. The SMILES string of the molecule is CCC1CCC(C)N1C(=O)[C@@H]1CCCCN1. The van der Waals surface area contributed by atoms with E-state index in [1.165, 1.54) is 25.7 Å². The van der Waals surface area contributed by atoms with E-state index in [9.17, 15) is 4.79 Å². The summed E-state index contributed by atoms with van der Waals surface area (Å²) in [6, 6.07) is 1.04. The van der Waals surface area contributed by atoms with Crippen molar-refractivity contribution in [2.24, 2.45) is 0 Å². The van der Waals surface area contributed by atoms with Crippen LogP contribution in [0.25, 0.3) is 0 Å². The predicted octanol–water partition coefficient (Wildman–Crippen LogP) is 1.92. The Morgan fingerprint density at radius 3 is 2.75 bits per heavy atom. The standard InChI is InChI=1S/C13H24N2O/c1-3-11-8-7-10(2)15(11)13(16)12-6-4-5-9-14-12/h10-12,14H,3-9H2,1-2H3/t10?,11?,12-/m0/s1.